The van der Waals surface area contributed by atoms with E-state index in [4.69, 9.17) is 23.4 Å². The summed E-state index contributed by atoms with van der Waals surface area (Å²) in [7, 11) is 1.19. The van der Waals surface area contributed by atoms with Gasteiger partial charge < -0.3 is 64.2 Å². The van der Waals surface area contributed by atoms with Crippen molar-refractivity contribution in [3.05, 3.63) is 70.4 Å². The molecular formula is C31H28O15. The number of hydrogen-bond donors (Lipinski definition) is 8. The second kappa shape index (κ2) is 12.9. The van der Waals surface area contributed by atoms with Gasteiger partial charge in [-0.1, -0.05) is 12.1 Å². The van der Waals surface area contributed by atoms with Gasteiger partial charge in [-0.25, -0.2) is 4.79 Å². The van der Waals surface area contributed by atoms with Crippen LogP contribution in [-0.2, 0) is 14.3 Å². The lowest BCUT2D eigenvalue weighted by Gasteiger charge is -2.39. The molecule has 0 amide bonds. The molecule has 0 bridgehead atoms. The van der Waals surface area contributed by atoms with Crippen LogP contribution in [0.15, 0.2) is 63.8 Å². The number of phenolic OH excluding ortho intramolecular Hbond substituents is 5. The normalized spacial score (nSPS) is 21.3. The first-order valence-corrected chi connectivity index (χ1v) is 13.5. The van der Waals surface area contributed by atoms with Crippen LogP contribution in [0.25, 0.3) is 28.4 Å². The molecule has 5 unspecified atom stereocenters. The third kappa shape index (κ3) is 6.20. The Kier molecular flexibility index (Phi) is 8.93. The van der Waals surface area contributed by atoms with E-state index in [9.17, 15) is 50.4 Å². The zero-order chi connectivity index (χ0) is 33.3. The largest absolute Gasteiger partial charge is 0.508 e. The fourth-order valence-electron chi connectivity index (χ4n) is 4.64. The average Bonchev–Trinajstić information content (AvgIpc) is 3.04. The molecule has 15 heteroatoms. The van der Waals surface area contributed by atoms with Crippen LogP contribution in [0, 0.1) is 0 Å². The molecule has 2 heterocycles. The Bertz CT molecular complexity index is 1850. The first kappa shape index (κ1) is 31.9. The maximum atomic E-state index is 13.7. The number of hydrogen-bond acceptors (Lipinski definition) is 15. The molecule has 0 radical (unpaired) electrons. The van der Waals surface area contributed by atoms with Crippen molar-refractivity contribution in [3.8, 4) is 51.6 Å². The van der Waals surface area contributed by atoms with Gasteiger partial charge in [0.1, 0.15) is 47.9 Å². The van der Waals surface area contributed by atoms with E-state index in [-0.39, 0.29) is 17.1 Å². The molecule has 8 N–H and O–H groups in total. The third-order valence-corrected chi connectivity index (χ3v) is 7.10. The Hall–Kier alpha value is -5.48. The highest BCUT2D eigenvalue weighted by Gasteiger charge is 2.46. The zero-order valence-electron chi connectivity index (χ0n) is 23.8. The highest BCUT2D eigenvalue weighted by Crippen LogP contribution is 2.44. The van der Waals surface area contributed by atoms with E-state index >= 15 is 0 Å². The fourth-order valence-corrected chi connectivity index (χ4v) is 4.64. The minimum Gasteiger partial charge on any atom is -0.508 e. The Morgan fingerprint density at radius 3 is 2.28 bits per heavy atom. The minimum atomic E-state index is -1.98. The molecule has 242 valence electrons. The Morgan fingerprint density at radius 1 is 0.891 bits per heavy atom. The lowest BCUT2D eigenvalue weighted by molar-refractivity contribution is -0.278. The summed E-state index contributed by atoms with van der Waals surface area (Å²) >= 11 is 0. The molecule has 5 rings (SSSR count). The van der Waals surface area contributed by atoms with E-state index in [0.717, 1.165) is 24.3 Å². The molecule has 1 aliphatic heterocycles. The van der Waals surface area contributed by atoms with E-state index < -0.39 is 94.2 Å². The van der Waals surface area contributed by atoms with E-state index in [1.54, 1.807) is 12.1 Å². The third-order valence-electron chi connectivity index (χ3n) is 7.10. The van der Waals surface area contributed by atoms with Crippen molar-refractivity contribution in [1.82, 2.24) is 0 Å². The van der Waals surface area contributed by atoms with Crippen molar-refractivity contribution in [2.24, 2.45) is 0 Å². The van der Waals surface area contributed by atoms with Gasteiger partial charge in [-0.3, -0.25) is 4.79 Å². The van der Waals surface area contributed by atoms with Crippen molar-refractivity contribution in [1.29, 1.82) is 0 Å². The Labute approximate surface area is 258 Å². The first-order valence-electron chi connectivity index (χ1n) is 13.5. The van der Waals surface area contributed by atoms with Crippen molar-refractivity contribution in [2.45, 2.75) is 30.7 Å². The van der Waals surface area contributed by atoms with Gasteiger partial charge in [0.25, 0.3) is 0 Å². The number of aliphatic hydroxyl groups excluding tert-OH is 3. The number of carbonyl (C=O) groups is 1. The number of methoxy groups -OCH3 is 1. The summed E-state index contributed by atoms with van der Waals surface area (Å²) in [6.45, 7) is -0.636. The second-order valence-corrected chi connectivity index (χ2v) is 10.1. The Morgan fingerprint density at radius 2 is 1.61 bits per heavy atom. The molecule has 4 aromatic rings. The van der Waals surface area contributed by atoms with Crippen molar-refractivity contribution < 1.29 is 69.0 Å². The molecule has 15 nitrogen and oxygen atoms in total. The molecule has 1 aliphatic rings. The molecule has 0 aliphatic carbocycles. The van der Waals surface area contributed by atoms with E-state index in [1.807, 2.05) is 0 Å². The maximum absolute atomic E-state index is 13.7. The van der Waals surface area contributed by atoms with Crippen LogP contribution in [0.5, 0.6) is 40.2 Å². The molecule has 5 atom stereocenters. The number of benzene rings is 3. The topological polar surface area (TPSA) is 246 Å². The van der Waals surface area contributed by atoms with Crippen LogP contribution in [0.4, 0.5) is 0 Å². The maximum Gasteiger partial charge on any atom is 0.330 e. The van der Waals surface area contributed by atoms with Crippen LogP contribution in [0.3, 0.4) is 0 Å². The van der Waals surface area contributed by atoms with Crippen molar-refractivity contribution in [3.63, 3.8) is 0 Å². The predicted octanol–water partition coefficient (Wildman–Crippen LogP) is 1.44. The molecule has 1 fully saturated rings. The van der Waals surface area contributed by atoms with E-state index in [0.29, 0.717) is 5.56 Å². The quantitative estimate of drug-likeness (QED) is 0.0588. The van der Waals surface area contributed by atoms with Crippen LogP contribution in [0.2, 0.25) is 0 Å². The van der Waals surface area contributed by atoms with E-state index in [1.165, 1.54) is 31.4 Å². The van der Waals surface area contributed by atoms with Gasteiger partial charge in [-0.05, 0) is 42.0 Å². The molecule has 1 saturated heterocycles. The number of ether oxygens (including phenoxy) is 4. The molecule has 0 saturated carbocycles. The standard InChI is InChI=1S/C31H28O15/c1-42-19-11-18(35)22-25(39)30(28(45-29(22)24(19)38)14-5-8-16(33)17(34)10-14)46-31-27(41)26(40)23(37)20(44-31)12-43-21(36)9-4-13-2-6-15(32)7-3-13/h2-11,20,23,26-27,31-35,37-38,40-41H,12H2,1H3. The highest BCUT2D eigenvalue weighted by atomic mass is 16.7. The van der Waals surface area contributed by atoms with Gasteiger partial charge in [0.2, 0.25) is 23.2 Å². The van der Waals surface area contributed by atoms with Gasteiger partial charge in [-0.2, -0.15) is 0 Å². The average molecular weight is 641 g/mol. The number of rotatable bonds is 8. The molecule has 3 aromatic carbocycles. The Balaban J connectivity index is 1.47. The summed E-state index contributed by atoms with van der Waals surface area (Å²) in [5.74, 6) is -4.80. The zero-order valence-corrected chi connectivity index (χ0v) is 23.8. The first-order chi connectivity index (χ1) is 21.9. The number of fused-ring (bicyclic) bond motifs is 1. The van der Waals surface area contributed by atoms with Crippen LogP contribution < -0.4 is 14.9 Å². The summed E-state index contributed by atoms with van der Waals surface area (Å²) in [6.07, 6.45) is -6.61. The minimum absolute atomic E-state index is 0.0330. The molecule has 46 heavy (non-hydrogen) atoms. The lowest BCUT2D eigenvalue weighted by atomic mass is 9.99. The van der Waals surface area contributed by atoms with Crippen LogP contribution in [0.1, 0.15) is 5.56 Å². The number of aliphatic hydroxyl groups is 3. The van der Waals surface area contributed by atoms with Gasteiger partial charge >= 0.3 is 5.97 Å². The van der Waals surface area contributed by atoms with Crippen molar-refractivity contribution >= 4 is 23.0 Å². The smallest absolute Gasteiger partial charge is 0.330 e. The van der Waals surface area contributed by atoms with Gasteiger partial charge in [0.05, 0.1) is 7.11 Å². The lowest BCUT2D eigenvalue weighted by Crippen LogP contribution is -2.60. The predicted molar refractivity (Wildman–Crippen MR) is 157 cm³/mol. The summed E-state index contributed by atoms with van der Waals surface area (Å²) in [6, 6.07) is 10.1. The van der Waals surface area contributed by atoms with Crippen LogP contribution in [-0.4, -0.2) is 91.2 Å². The highest BCUT2D eigenvalue weighted by molar-refractivity contribution is 5.93. The molecule has 1 aromatic heterocycles. The summed E-state index contributed by atoms with van der Waals surface area (Å²) < 4.78 is 27.2. The number of aromatic hydroxyl groups is 5. The van der Waals surface area contributed by atoms with Crippen molar-refractivity contribution in [2.75, 3.05) is 13.7 Å². The van der Waals surface area contributed by atoms with Gasteiger partial charge in [-0.15, -0.1) is 0 Å². The number of phenols is 5. The SMILES string of the molecule is COc1cc(O)c2c(=O)c(OC3OC(COC(=O)C=Cc4ccc(O)cc4)C(O)C(O)C3O)c(-c3ccc(O)c(O)c3)oc2c1O. The summed E-state index contributed by atoms with van der Waals surface area (Å²) in [5.41, 5.74) is -1.15. The van der Waals surface area contributed by atoms with Crippen LogP contribution >= 0.6 is 0 Å². The summed E-state index contributed by atoms with van der Waals surface area (Å²) in [4.78, 5) is 26.0. The van der Waals surface area contributed by atoms with E-state index in [2.05, 4.69) is 0 Å². The monoisotopic (exact) mass is 640 g/mol. The summed E-state index contributed by atoms with van der Waals surface area (Å²) in [5, 5.41) is 81.7. The van der Waals surface area contributed by atoms with Gasteiger partial charge in [0.15, 0.2) is 28.6 Å². The fraction of sp³-hybridized carbons (Fsp3) is 0.226. The molecular weight excluding hydrogens is 612 g/mol. The second-order valence-electron chi connectivity index (χ2n) is 10.1. The van der Waals surface area contributed by atoms with Gasteiger partial charge in [0, 0.05) is 17.7 Å². The number of esters is 1. The molecule has 0 spiro atoms. The number of carbonyl (C=O) groups excluding carboxylic acids is 1.